The number of para-hydroxylation sites is 1. The number of nitrogens with one attached hydrogen (secondary N) is 3. The molecule has 4 aromatic rings. The van der Waals surface area contributed by atoms with E-state index in [-0.39, 0.29) is 16.9 Å². The van der Waals surface area contributed by atoms with Gasteiger partial charge in [-0.25, -0.2) is 14.5 Å². The van der Waals surface area contributed by atoms with Gasteiger partial charge < -0.3 is 15.4 Å². The van der Waals surface area contributed by atoms with Crippen molar-refractivity contribution in [2.45, 2.75) is 39.5 Å². The molecular weight excluding hydrogens is 553 g/mol. The van der Waals surface area contributed by atoms with E-state index in [9.17, 15) is 18.0 Å². The zero-order valence-corrected chi connectivity index (χ0v) is 23.3. The quantitative estimate of drug-likeness (QED) is 0.158. The van der Waals surface area contributed by atoms with E-state index in [1.807, 2.05) is 49.4 Å². The fourth-order valence-electron chi connectivity index (χ4n) is 4.17. The van der Waals surface area contributed by atoms with E-state index in [1.165, 1.54) is 35.3 Å². The number of carbonyl (C=O) groups excluding carboxylic acids is 1. The van der Waals surface area contributed by atoms with Crippen LogP contribution in [0.4, 0.5) is 23.7 Å². The van der Waals surface area contributed by atoms with Crippen molar-refractivity contribution >= 4 is 29.0 Å². The minimum atomic E-state index is -4.75. The number of halogens is 3. The zero-order valence-electron chi connectivity index (χ0n) is 22.5. The summed E-state index contributed by atoms with van der Waals surface area (Å²) >= 11 is 5.31. The lowest BCUT2D eigenvalue weighted by atomic mass is 10.1. The summed E-state index contributed by atoms with van der Waals surface area (Å²) in [7, 11) is 0. The van der Waals surface area contributed by atoms with Crippen molar-refractivity contribution in [2.75, 3.05) is 11.9 Å². The molecule has 214 valence electrons. The van der Waals surface area contributed by atoms with Crippen LogP contribution in [0.15, 0.2) is 73.1 Å². The van der Waals surface area contributed by atoms with Crippen molar-refractivity contribution in [3.63, 3.8) is 0 Å². The number of aryl methyl sites for hydroxylation is 3. The van der Waals surface area contributed by atoms with Gasteiger partial charge in [-0.15, -0.1) is 18.3 Å². The summed E-state index contributed by atoms with van der Waals surface area (Å²) in [6, 6.07) is 18.7. The van der Waals surface area contributed by atoms with E-state index in [0.717, 1.165) is 34.4 Å². The first-order chi connectivity index (χ1) is 19.6. The molecule has 0 radical (unpaired) electrons. The van der Waals surface area contributed by atoms with Crippen LogP contribution in [0.2, 0.25) is 0 Å². The molecule has 0 saturated carbocycles. The summed E-state index contributed by atoms with van der Waals surface area (Å²) in [6.07, 6.45) is -1.01. The summed E-state index contributed by atoms with van der Waals surface area (Å²) in [5, 5.41) is 13.3. The lowest BCUT2D eigenvalue weighted by molar-refractivity contribution is -0.274. The van der Waals surface area contributed by atoms with E-state index in [4.69, 9.17) is 12.2 Å². The largest absolute Gasteiger partial charge is 0.573 e. The smallest absolute Gasteiger partial charge is 0.406 e. The molecule has 4 rings (SSSR count). The highest BCUT2D eigenvalue weighted by Gasteiger charge is 2.31. The molecule has 0 atom stereocenters. The Morgan fingerprint density at radius 2 is 1.83 bits per heavy atom. The Labute approximate surface area is 240 Å². The SMILES string of the molecule is CCc1cccc(C)c1NC(=S)NC(=O)NCCCc1cccc(-c2ncn(-c3ccc(OC(F)(F)F)cc3)n2)c1. The molecule has 8 nitrogen and oxygen atoms in total. The van der Waals surface area contributed by atoms with Crippen LogP contribution in [0.1, 0.15) is 30.0 Å². The fraction of sp³-hybridized carbons (Fsp3) is 0.241. The highest BCUT2D eigenvalue weighted by Crippen LogP contribution is 2.24. The standard InChI is InChI=1S/C29H29F3N6O2S/c1-3-21-10-4-7-19(2)25(21)35-28(41)36-27(39)33-16-6-9-20-8-5-11-22(17-20)26-34-18-38(37-26)23-12-14-24(15-13-23)40-29(30,31)32/h4-5,7-8,10-15,17-18H,3,6,9,16H2,1-2H3,(H3,33,35,36,39,41). The molecule has 12 heteroatoms. The maximum atomic E-state index is 12.4. The molecule has 0 fully saturated rings. The monoisotopic (exact) mass is 582 g/mol. The van der Waals surface area contributed by atoms with Crippen LogP contribution >= 0.6 is 12.2 Å². The summed E-state index contributed by atoms with van der Waals surface area (Å²) in [4.78, 5) is 16.6. The first kappa shape index (κ1) is 29.5. The average Bonchev–Trinajstić information content (AvgIpc) is 3.42. The molecule has 0 unspecified atom stereocenters. The molecule has 41 heavy (non-hydrogen) atoms. The second-order valence-corrected chi connectivity index (χ2v) is 9.56. The normalized spacial score (nSPS) is 11.1. The molecule has 3 aromatic carbocycles. The van der Waals surface area contributed by atoms with Crippen LogP contribution in [-0.4, -0.2) is 38.8 Å². The number of aromatic nitrogens is 3. The first-order valence-electron chi connectivity index (χ1n) is 12.9. The topological polar surface area (TPSA) is 93.1 Å². The Morgan fingerprint density at radius 1 is 1.07 bits per heavy atom. The van der Waals surface area contributed by atoms with Crippen molar-refractivity contribution in [3.8, 4) is 22.8 Å². The number of carbonyl (C=O) groups is 1. The lowest BCUT2D eigenvalue weighted by Crippen LogP contribution is -2.42. The number of anilines is 1. The molecular formula is C29H29F3N6O2S. The second-order valence-electron chi connectivity index (χ2n) is 9.16. The number of nitrogens with zero attached hydrogens (tertiary/aromatic N) is 3. The molecule has 0 spiro atoms. The van der Waals surface area contributed by atoms with Gasteiger partial charge >= 0.3 is 12.4 Å². The number of hydrogen-bond donors (Lipinski definition) is 3. The lowest BCUT2D eigenvalue weighted by Gasteiger charge is -2.15. The maximum absolute atomic E-state index is 12.4. The number of amides is 2. The van der Waals surface area contributed by atoms with E-state index in [1.54, 1.807) is 0 Å². The highest BCUT2D eigenvalue weighted by molar-refractivity contribution is 7.80. The van der Waals surface area contributed by atoms with Crippen LogP contribution in [0.3, 0.4) is 0 Å². The molecule has 0 aliphatic rings. The van der Waals surface area contributed by atoms with Gasteiger partial charge in [-0.3, -0.25) is 5.32 Å². The molecule has 2 amide bonds. The number of ether oxygens (including phenoxy) is 1. The predicted molar refractivity (Wildman–Crippen MR) is 155 cm³/mol. The van der Waals surface area contributed by atoms with Crippen LogP contribution in [0.25, 0.3) is 17.1 Å². The van der Waals surface area contributed by atoms with Gasteiger partial charge in [-0.05, 0) is 85.4 Å². The number of hydrogen-bond acceptors (Lipinski definition) is 5. The van der Waals surface area contributed by atoms with Crippen molar-refractivity contribution in [1.29, 1.82) is 0 Å². The Morgan fingerprint density at radius 3 is 2.56 bits per heavy atom. The van der Waals surface area contributed by atoms with Gasteiger partial charge in [0.25, 0.3) is 0 Å². The fourth-order valence-corrected chi connectivity index (χ4v) is 4.37. The molecule has 0 aliphatic carbocycles. The Balaban J connectivity index is 1.26. The molecule has 1 aromatic heterocycles. The number of rotatable bonds is 9. The van der Waals surface area contributed by atoms with Crippen LogP contribution in [0.5, 0.6) is 5.75 Å². The first-order valence-corrected chi connectivity index (χ1v) is 13.3. The number of thiocarbonyl (C=S) groups is 1. The van der Waals surface area contributed by atoms with Gasteiger partial charge in [-0.2, -0.15) is 0 Å². The van der Waals surface area contributed by atoms with Crippen molar-refractivity contribution in [2.24, 2.45) is 0 Å². The van der Waals surface area contributed by atoms with Crippen molar-refractivity contribution < 1.29 is 22.7 Å². The van der Waals surface area contributed by atoms with Crippen LogP contribution in [0, 0.1) is 6.92 Å². The third-order valence-corrected chi connectivity index (χ3v) is 6.35. The molecule has 1 heterocycles. The van der Waals surface area contributed by atoms with E-state index >= 15 is 0 Å². The number of benzene rings is 3. The molecule has 0 bridgehead atoms. The third kappa shape index (κ3) is 8.52. The number of urea groups is 1. The van der Waals surface area contributed by atoms with E-state index < -0.39 is 6.36 Å². The van der Waals surface area contributed by atoms with Gasteiger partial charge in [0.15, 0.2) is 10.9 Å². The van der Waals surface area contributed by atoms with Gasteiger partial charge in [0, 0.05) is 17.8 Å². The van der Waals surface area contributed by atoms with Crippen molar-refractivity contribution in [3.05, 3.63) is 89.7 Å². The highest BCUT2D eigenvalue weighted by atomic mass is 32.1. The van der Waals surface area contributed by atoms with Crippen molar-refractivity contribution in [1.82, 2.24) is 25.4 Å². The van der Waals surface area contributed by atoms with Gasteiger partial charge in [0.1, 0.15) is 12.1 Å². The predicted octanol–water partition coefficient (Wildman–Crippen LogP) is 6.33. The van der Waals surface area contributed by atoms with Gasteiger partial charge in [0.2, 0.25) is 0 Å². The van der Waals surface area contributed by atoms with Crippen LogP contribution < -0.4 is 20.7 Å². The summed E-state index contributed by atoms with van der Waals surface area (Å²) < 4.78 is 42.5. The van der Waals surface area contributed by atoms with Gasteiger partial charge in [-0.1, -0.05) is 43.3 Å². The molecule has 0 saturated heterocycles. The van der Waals surface area contributed by atoms with Crippen LogP contribution in [-0.2, 0) is 12.8 Å². The minimum absolute atomic E-state index is 0.233. The third-order valence-electron chi connectivity index (χ3n) is 6.15. The maximum Gasteiger partial charge on any atom is 0.573 e. The Hall–Kier alpha value is -4.45. The van der Waals surface area contributed by atoms with E-state index in [2.05, 4.69) is 37.7 Å². The summed E-state index contributed by atoms with van der Waals surface area (Å²) in [5.41, 5.74) is 5.45. The molecule has 0 aliphatic heterocycles. The van der Waals surface area contributed by atoms with E-state index in [0.29, 0.717) is 30.9 Å². The summed E-state index contributed by atoms with van der Waals surface area (Å²) in [6.45, 7) is 4.49. The second kappa shape index (κ2) is 13.3. The minimum Gasteiger partial charge on any atom is -0.406 e. The van der Waals surface area contributed by atoms with Gasteiger partial charge in [0.05, 0.1) is 5.69 Å². The molecule has 3 N–H and O–H groups in total. The zero-order chi connectivity index (χ0) is 29.4. The number of alkyl halides is 3. The average molecular weight is 583 g/mol. The Kier molecular flexibility index (Phi) is 9.56. The Bertz CT molecular complexity index is 1510. The summed E-state index contributed by atoms with van der Waals surface area (Å²) in [5.74, 6) is 0.161.